The minimum atomic E-state index is -0.177. The van der Waals surface area contributed by atoms with E-state index in [1.165, 1.54) is 32.1 Å². The van der Waals surface area contributed by atoms with Gasteiger partial charge in [0.05, 0.1) is 5.41 Å². The number of piperazine rings is 1. The summed E-state index contributed by atoms with van der Waals surface area (Å²) in [6.07, 6.45) is 9.82. The molecule has 7 rings (SSSR count). The molecule has 2 aliphatic heterocycles. The van der Waals surface area contributed by atoms with Crippen molar-refractivity contribution >= 4 is 11.8 Å². The Morgan fingerprint density at radius 2 is 1.28 bits per heavy atom. The van der Waals surface area contributed by atoms with E-state index < -0.39 is 0 Å². The molecule has 0 N–H and O–H groups in total. The lowest BCUT2D eigenvalue weighted by molar-refractivity contribution is -0.161. The average molecular weight is 436 g/mol. The Kier molecular flexibility index (Phi) is 5.28. The molecule has 4 saturated carbocycles. The van der Waals surface area contributed by atoms with E-state index >= 15 is 0 Å². The Balaban J connectivity index is 1.13. The zero-order valence-corrected chi connectivity index (χ0v) is 19.3. The van der Waals surface area contributed by atoms with Gasteiger partial charge in [0.15, 0.2) is 0 Å². The Morgan fingerprint density at radius 3 is 1.84 bits per heavy atom. The van der Waals surface area contributed by atoms with Gasteiger partial charge in [0.25, 0.3) is 0 Å². The van der Waals surface area contributed by atoms with Crippen molar-refractivity contribution in [2.75, 3.05) is 39.3 Å². The first-order valence-corrected chi connectivity index (χ1v) is 13.0. The van der Waals surface area contributed by atoms with Crippen molar-refractivity contribution in [3.63, 3.8) is 0 Å². The summed E-state index contributed by atoms with van der Waals surface area (Å²) in [5, 5.41) is 0. The number of amides is 2. The number of rotatable bonds is 4. The third kappa shape index (κ3) is 3.57. The van der Waals surface area contributed by atoms with Crippen molar-refractivity contribution < 1.29 is 9.59 Å². The summed E-state index contributed by atoms with van der Waals surface area (Å²) in [5.74, 6) is 3.02. The fraction of sp³-hybridized carbons (Fsp3) is 0.704. The zero-order valence-electron chi connectivity index (χ0n) is 19.3. The van der Waals surface area contributed by atoms with Gasteiger partial charge in [-0.2, -0.15) is 0 Å². The summed E-state index contributed by atoms with van der Waals surface area (Å²) in [5.41, 5.74) is 1.04. The standard InChI is InChI=1S/C27H37N3O2/c31-25(24(28-8-4-5-9-28)23-6-2-1-3-7-23)29-10-12-30(13-11-29)26(32)27-17-20-14-21(18-27)16-22(15-20)19-27/h1-3,6-7,20-22,24H,4-5,8-19H2. The Bertz CT molecular complexity index is 820. The van der Waals surface area contributed by atoms with Gasteiger partial charge >= 0.3 is 0 Å². The van der Waals surface area contributed by atoms with Gasteiger partial charge in [0, 0.05) is 26.2 Å². The van der Waals surface area contributed by atoms with E-state index in [9.17, 15) is 9.59 Å². The Labute approximate surface area is 192 Å². The number of likely N-dealkylation sites (tertiary alicyclic amines) is 1. The van der Waals surface area contributed by atoms with Gasteiger partial charge in [0.1, 0.15) is 6.04 Å². The van der Waals surface area contributed by atoms with Gasteiger partial charge in [-0.15, -0.1) is 0 Å². The molecular formula is C27H37N3O2. The smallest absolute Gasteiger partial charge is 0.244 e. The second-order valence-electron chi connectivity index (χ2n) is 11.4. The van der Waals surface area contributed by atoms with Gasteiger partial charge in [-0.05, 0) is 87.8 Å². The topological polar surface area (TPSA) is 43.9 Å². The molecule has 4 aliphatic carbocycles. The van der Waals surface area contributed by atoms with Gasteiger partial charge in [-0.25, -0.2) is 0 Å². The molecule has 0 spiro atoms. The van der Waals surface area contributed by atoms with Crippen molar-refractivity contribution in [2.45, 2.75) is 57.4 Å². The fourth-order valence-electron chi connectivity index (χ4n) is 8.16. The summed E-state index contributed by atoms with van der Waals surface area (Å²) in [6.45, 7) is 4.75. The number of carbonyl (C=O) groups excluding carboxylic acids is 2. The van der Waals surface area contributed by atoms with Crippen LogP contribution in [0.5, 0.6) is 0 Å². The van der Waals surface area contributed by atoms with Crippen LogP contribution in [0.2, 0.25) is 0 Å². The first kappa shape index (κ1) is 20.7. The van der Waals surface area contributed by atoms with E-state index in [0.717, 1.165) is 55.7 Å². The molecule has 6 aliphatic rings. The third-order valence-corrected chi connectivity index (χ3v) is 9.23. The molecule has 32 heavy (non-hydrogen) atoms. The van der Waals surface area contributed by atoms with Gasteiger partial charge < -0.3 is 9.80 Å². The second-order valence-corrected chi connectivity index (χ2v) is 11.4. The molecule has 0 aromatic heterocycles. The maximum Gasteiger partial charge on any atom is 0.244 e. The number of hydrogen-bond donors (Lipinski definition) is 0. The Morgan fingerprint density at radius 1 is 0.750 bits per heavy atom. The highest BCUT2D eigenvalue weighted by atomic mass is 16.2. The minimum Gasteiger partial charge on any atom is -0.339 e. The minimum absolute atomic E-state index is 0.0664. The molecule has 172 valence electrons. The lowest BCUT2D eigenvalue weighted by Crippen LogP contribution is -2.59. The van der Waals surface area contributed by atoms with Crippen LogP contribution in [0.25, 0.3) is 0 Å². The predicted octanol–water partition coefficient (Wildman–Crippen LogP) is 3.71. The molecule has 0 radical (unpaired) electrons. The summed E-state index contributed by atoms with van der Waals surface area (Å²) >= 11 is 0. The highest BCUT2D eigenvalue weighted by Crippen LogP contribution is 2.60. The van der Waals surface area contributed by atoms with Crippen LogP contribution in [0, 0.1) is 23.2 Å². The molecule has 5 nitrogen and oxygen atoms in total. The SMILES string of the molecule is O=C(C(c1ccccc1)N1CCCC1)N1CCN(C(=O)C23CC4CC(CC(C4)C2)C3)CC1. The van der Waals surface area contributed by atoms with E-state index in [1.54, 1.807) is 0 Å². The lowest BCUT2D eigenvalue weighted by Gasteiger charge is -2.57. The molecular weight excluding hydrogens is 398 g/mol. The fourth-order valence-corrected chi connectivity index (χ4v) is 8.16. The predicted molar refractivity (Wildman–Crippen MR) is 124 cm³/mol. The van der Waals surface area contributed by atoms with Gasteiger partial charge in [0.2, 0.25) is 11.8 Å². The van der Waals surface area contributed by atoms with Crippen LogP contribution in [0.3, 0.4) is 0 Å². The van der Waals surface area contributed by atoms with Crippen LogP contribution < -0.4 is 0 Å². The van der Waals surface area contributed by atoms with Gasteiger partial charge in [-0.1, -0.05) is 30.3 Å². The molecule has 1 aromatic carbocycles. The molecule has 6 fully saturated rings. The van der Waals surface area contributed by atoms with E-state index in [0.29, 0.717) is 32.1 Å². The molecule has 1 aromatic rings. The molecule has 2 saturated heterocycles. The normalized spacial score (nSPS) is 35.3. The van der Waals surface area contributed by atoms with Crippen molar-refractivity contribution in [2.24, 2.45) is 23.2 Å². The third-order valence-electron chi connectivity index (χ3n) is 9.23. The van der Waals surface area contributed by atoms with Gasteiger partial charge in [-0.3, -0.25) is 14.5 Å². The van der Waals surface area contributed by atoms with E-state index in [-0.39, 0.29) is 17.4 Å². The number of hydrogen-bond acceptors (Lipinski definition) is 3. The van der Waals surface area contributed by atoms with E-state index in [4.69, 9.17) is 0 Å². The largest absolute Gasteiger partial charge is 0.339 e. The van der Waals surface area contributed by atoms with Crippen molar-refractivity contribution in [3.05, 3.63) is 35.9 Å². The molecule has 1 unspecified atom stereocenters. The van der Waals surface area contributed by atoms with Crippen molar-refractivity contribution in [1.82, 2.24) is 14.7 Å². The summed E-state index contributed by atoms with van der Waals surface area (Å²) < 4.78 is 0. The van der Waals surface area contributed by atoms with Crippen molar-refractivity contribution in [3.8, 4) is 0 Å². The average Bonchev–Trinajstić information content (AvgIpc) is 3.33. The highest BCUT2D eigenvalue weighted by Gasteiger charge is 2.55. The van der Waals surface area contributed by atoms with Crippen molar-refractivity contribution in [1.29, 1.82) is 0 Å². The first-order valence-electron chi connectivity index (χ1n) is 13.0. The maximum absolute atomic E-state index is 13.7. The zero-order chi connectivity index (χ0) is 21.7. The highest BCUT2D eigenvalue weighted by molar-refractivity contribution is 5.85. The van der Waals surface area contributed by atoms with E-state index in [1.807, 2.05) is 23.1 Å². The van der Waals surface area contributed by atoms with Crippen LogP contribution in [-0.4, -0.2) is 65.8 Å². The summed E-state index contributed by atoms with van der Waals surface area (Å²) in [7, 11) is 0. The van der Waals surface area contributed by atoms with Crippen LogP contribution in [0.15, 0.2) is 30.3 Å². The first-order chi connectivity index (χ1) is 15.6. The molecule has 5 heteroatoms. The van der Waals surface area contributed by atoms with Crippen LogP contribution >= 0.6 is 0 Å². The quantitative estimate of drug-likeness (QED) is 0.724. The second kappa shape index (κ2) is 8.16. The molecule has 2 amide bonds. The maximum atomic E-state index is 13.7. The Hall–Kier alpha value is -1.88. The van der Waals surface area contributed by atoms with Crippen LogP contribution in [0.1, 0.15) is 63.0 Å². The summed E-state index contributed by atoms with van der Waals surface area (Å²) in [6, 6.07) is 10.1. The monoisotopic (exact) mass is 435 g/mol. The molecule has 1 atom stereocenters. The number of carbonyl (C=O) groups is 2. The van der Waals surface area contributed by atoms with Crippen LogP contribution in [0.4, 0.5) is 0 Å². The molecule has 4 bridgehead atoms. The van der Waals surface area contributed by atoms with E-state index in [2.05, 4.69) is 21.9 Å². The molecule has 2 heterocycles. The number of benzene rings is 1. The summed E-state index contributed by atoms with van der Waals surface area (Å²) in [4.78, 5) is 33.9. The number of nitrogens with zero attached hydrogens (tertiary/aromatic N) is 3. The lowest BCUT2D eigenvalue weighted by atomic mass is 9.49. The van der Waals surface area contributed by atoms with Crippen LogP contribution in [-0.2, 0) is 9.59 Å².